The molecule has 30 heavy (non-hydrogen) atoms. The Morgan fingerprint density at radius 1 is 1.27 bits per heavy atom. The van der Waals surface area contributed by atoms with Crippen LogP contribution in [0.3, 0.4) is 0 Å². The number of nitrogens with one attached hydrogen (secondary N) is 1. The molecule has 1 fully saturated rings. The zero-order valence-corrected chi connectivity index (χ0v) is 15.7. The van der Waals surface area contributed by atoms with Crippen molar-refractivity contribution in [2.75, 3.05) is 13.1 Å². The Hall–Kier alpha value is -3.30. The van der Waals surface area contributed by atoms with Gasteiger partial charge in [-0.25, -0.2) is 13.2 Å². The number of rotatable bonds is 3. The molecule has 0 saturated carbocycles. The van der Waals surface area contributed by atoms with E-state index in [1.807, 2.05) is 0 Å². The van der Waals surface area contributed by atoms with Gasteiger partial charge in [0.05, 0.1) is 6.04 Å². The predicted octanol–water partition coefficient (Wildman–Crippen LogP) is 1.89. The van der Waals surface area contributed by atoms with Crippen LogP contribution in [-0.2, 0) is 6.54 Å². The first-order valence-corrected chi connectivity index (χ1v) is 9.41. The first kappa shape index (κ1) is 20.0. The molecule has 4 rings (SSSR count). The monoisotopic (exact) mass is 421 g/mol. The van der Waals surface area contributed by atoms with Crippen molar-refractivity contribution < 1.29 is 27.9 Å². The van der Waals surface area contributed by atoms with Gasteiger partial charge in [0.25, 0.3) is 11.8 Å². The Morgan fingerprint density at radius 2 is 2.03 bits per heavy atom. The van der Waals surface area contributed by atoms with Crippen LogP contribution >= 0.6 is 0 Å². The van der Waals surface area contributed by atoms with Crippen molar-refractivity contribution in [2.45, 2.75) is 31.6 Å². The van der Waals surface area contributed by atoms with Crippen LogP contribution in [0.5, 0.6) is 5.75 Å². The lowest BCUT2D eigenvalue weighted by Crippen LogP contribution is -2.46. The number of aromatic hydroxyl groups is 1. The number of carbonyl (C=O) groups is 2. The molecule has 2 bridgehead atoms. The van der Waals surface area contributed by atoms with Crippen LogP contribution in [-0.4, -0.2) is 45.6 Å². The van der Waals surface area contributed by atoms with Gasteiger partial charge in [-0.15, -0.1) is 0 Å². The summed E-state index contributed by atoms with van der Waals surface area (Å²) in [7, 11) is 0. The third-order valence-corrected chi connectivity index (χ3v) is 5.49. The highest BCUT2D eigenvalue weighted by molar-refractivity contribution is 5.99. The topological polar surface area (TPSA) is 91.6 Å². The number of carbonyl (C=O) groups excluding carboxylic acids is 2. The summed E-state index contributed by atoms with van der Waals surface area (Å²) >= 11 is 0. The molecule has 158 valence electrons. The van der Waals surface area contributed by atoms with Crippen LogP contribution in [0.1, 0.15) is 45.3 Å². The summed E-state index contributed by atoms with van der Waals surface area (Å²) in [5.74, 6) is -4.11. The van der Waals surface area contributed by atoms with Crippen LogP contribution < -0.4 is 10.7 Å². The first-order chi connectivity index (χ1) is 14.3. The van der Waals surface area contributed by atoms with E-state index in [-0.39, 0.29) is 30.8 Å². The number of alkyl halides is 1. The molecule has 1 aromatic heterocycles. The van der Waals surface area contributed by atoms with Crippen molar-refractivity contribution in [3.05, 3.63) is 63.1 Å². The third-order valence-electron chi connectivity index (χ3n) is 5.49. The first-order valence-electron chi connectivity index (χ1n) is 9.41. The van der Waals surface area contributed by atoms with E-state index in [4.69, 9.17) is 0 Å². The molecule has 0 aliphatic carbocycles. The number of fused-ring (bicyclic) bond motifs is 4. The Bertz CT molecular complexity index is 1100. The summed E-state index contributed by atoms with van der Waals surface area (Å²) in [6, 6.07) is 1.99. The van der Waals surface area contributed by atoms with Crippen molar-refractivity contribution in [3.8, 4) is 5.75 Å². The summed E-state index contributed by atoms with van der Waals surface area (Å²) in [5, 5.41) is 12.7. The van der Waals surface area contributed by atoms with Crippen LogP contribution in [0.2, 0.25) is 0 Å². The third kappa shape index (κ3) is 3.31. The highest BCUT2D eigenvalue weighted by Gasteiger charge is 2.40. The lowest BCUT2D eigenvalue weighted by molar-refractivity contribution is 0.0645. The molecule has 1 aromatic carbocycles. The molecule has 2 aliphatic heterocycles. The van der Waals surface area contributed by atoms with Gasteiger partial charge in [-0.1, -0.05) is 6.07 Å². The number of halogens is 3. The van der Waals surface area contributed by atoms with Gasteiger partial charge >= 0.3 is 0 Å². The Labute approximate surface area is 168 Å². The second kappa shape index (κ2) is 7.51. The fourth-order valence-corrected chi connectivity index (χ4v) is 3.89. The molecule has 0 radical (unpaired) electrons. The number of benzene rings is 1. The number of hydrogen-bond acceptors (Lipinski definition) is 4. The fraction of sp³-hybridized carbons (Fsp3) is 0.350. The van der Waals surface area contributed by atoms with Gasteiger partial charge in [-0.2, -0.15) is 0 Å². The summed E-state index contributed by atoms with van der Waals surface area (Å²) in [6.45, 7) is 0.0424. The Kier molecular flexibility index (Phi) is 5.00. The summed E-state index contributed by atoms with van der Waals surface area (Å²) in [4.78, 5) is 39.1. The molecule has 1 saturated heterocycles. The average molecular weight is 421 g/mol. The van der Waals surface area contributed by atoms with Crippen LogP contribution in [0, 0.1) is 11.6 Å². The minimum absolute atomic E-state index is 0.00885. The lowest BCUT2D eigenvalue weighted by Gasteiger charge is -2.35. The summed E-state index contributed by atoms with van der Waals surface area (Å²) in [5.41, 5.74) is -1.94. The minimum Gasteiger partial charge on any atom is -0.503 e. The molecule has 2 aliphatic rings. The van der Waals surface area contributed by atoms with Crippen molar-refractivity contribution in [2.24, 2.45) is 0 Å². The molecular formula is C20H18F3N3O4. The van der Waals surface area contributed by atoms with Crippen molar-refractivity contribution in [1.82, 2.24) is 14.8 Å². The SMILES string of the molecule is O=C(NCc1ccc(F)cc1F)c1cn2c(c(O)c1=O)C(=O)N1CCCC(F)C2C1. The van der Waals surface area contributed by atoms with Crippen molar-refractivity contribution in [1.29, 1.82) is 0 Å². The smallest absolute Gasteiger partial charge is 0.274 e. The number of aromatic nitrogens is 1. The largest absolute Gasteiger partial charge is 0.503 e. The normalized spacial score (nSPS) is 20.5. The van der Waals surface area contributed by atoms with Crippen LogP contribution in [0.4, 0.5) is 13.2 Å². The van der Waals surface area contributed by atoms with Crippen molar-refractivity contribution >= 4 is 11.8 Å². The maximum Gasteiger partial charge on any atom is 0.274 e. The number of amides is 2. The van der Waals surface area contributed by atoms with E-state index in [0.29, 0.717) is 19.0 Å². The highest BCUT2D eigenvalue weighted by atomic mass is 19.1. The highest BCUT2D eigenvalue weighted by Crippen LogP contribution is 2.33. The zero-order valence-electron chi connectivity index (χ0n) is 15.7. The van der Waals surface area contributed by atoms with Crippen LogP contribution in [0.25, 0.3) is 0 Å². The second-order valence-electron chi connectivity index (χ2n) is 7.37. The number of pyridine rings is 1. The number of nitrogens with zero attached hydrogens (tertiary/aromatic N) is 2. The average Bonchev–Trinajstić information content (AvgIpc) is 2.87. The quantitative estimate of drug-likeness (QED) is 0.792. The number of hydrogen-bond donors (Lipinski definition) is 2. The van der Waals surface area contributed by atoms with Gasteiger partial charge in [0, 0.05) is 37.5 Å². The van der Waals surface area contributed by atoms with E-state index >= 15 is 0 Å². The molecular weight excluding hydrogens is 403 g/mol. The lowest BCUT2D eigenvalue weighted by atomic mass is 10.0. The zero-order chi connectivity index (χ0) is 21.6. The van der Waals surface area contributed by atoms with Crippen molar-refractivity contribution in [3.63, 3.8) is 0 Å². The molecule has 10 heteroatoms. The van der Waals surface area contributed by atoms with E-state index in [1.54, 1.807) is 0 Å². The fourth-order valence-electron chi connectivity index (χ4n) is 3.89. The van der Waals surface area contributed by atoms with Crippen LogP contribution in [0.15, 0.2) is 29.2 Å². The summed E-state index contributed by atoms with van der Waals surface area (Å²) < 4.78 is 42.6. The minimum atomic E-state index is -1.33. The molecule has 2 atom stereocenters. The van der Waals surface area contributed by atoms with E-state index < -0.39 is 52.4 Å². The van der Waals surface area contributed by atoms with Gasteiger partial charge < -0.3 is 19.9 Å². The summed E-state index contributed by atoms with van der Waals surface area (Å²) in [6.07, 6.45) is 0.380. The molecule has 3 heterocycles. The standard InChI is InChI=1S/C20H18F3N3O4/c21-11-4-3-10(14(23)6-11)7-24-19(29)12-8-26-15-9-25(5-1-2-13(15)22)20(30)16(26)18(28)17(12)27/h3-4,6,8,13,15,28H,1-2,5,7,9H2,(H,24,29). The molecule has 2 unspecified atom stereocenters. The van der Waals surface area contributed by atoms with E-state index in [2.05, 4.69) is 5.32 Å². The second-order valence-corrected chi connectivity index (χ2v) is 7.37. The van der Waals surface area contributed by atoms with Gasteiger partial charge in [0.2, 0.25) is 5.43 Å². The molecule has 2 N–H and O–H groups in total. The van der Waals surface area contributed by atoms with Gasteiger partial charge in [0.1, 0.15) is 23.4 Å². The maximum atomic E-state index is 14.6. The Morgan fingerprint density at radius 3 is 2.77 bits per heavy atom. The molecule has 0 spiro atoms. The van der Waals surface area contributed by atoms with Gasteiger partial charge in [-0.3, -0.25) is 14.4 Å². The molecule has 2 amide bonds. The van der Waals surface area contributed by atoms with E-state index in [0.717, 1.165) is 22.9 Å². The molecule has 2 aromatic rings. The van der Waals surface area contributed by atoms with Gasteiger partial charge in [-0.05, 0) is 18.9 Å². The van der Waals surface area contributed by atoms with E-state index in [1.165, 1.54) is 4.90 Å². The van der Waals surface area contributed by atoms with E-state index in [9.17, 15) is 32.7 Å². The Balaban J connectivity index is 1.68. The van der Waals surface area contributed by atoms with Gasteiger partial charge in [0.15, 0.2) is 11.4 Å². The predicted molar refractivity (Wildman–Crippen MR) is 99.0 cm³/mol. The maximum absolute atomic E-state index is 14.6. The molecule has 7 nitrogen and oxygen atoms in total.